The molecule has 9 nitrogen and oxygen atoms in total. The van der Waals surface area contributed by atoms with E-state index >= 15 is 0 Å². The number of thiophene rings is 1. The Morgan fingerprint density at radius 1 is 1.00 bits per heavy atom. The smallest absolute Gasteiger partial charge is 0.265 e. The van der Waals surface area contributed by atoms with Gasteiger partial charge in [-0.25, -0.2) is 0 Å². The van der Waals surface area contributed by atoms with Gasteiger partial charge in [-0.05, 0) is 60.2 Å². The number of hydrogen-bond acceptors (Lipinski definition) is 7. The summed E-state index contributed by atoms with van der Waals surface area (Å²) < 4.78 is 17.8. The minimum atomic E-state index is -0.249. The van der Waals surface area contributed by atoms with E-state index in [2.05, 4.69) is 15.7 Å². The van der Waals surface area contributed by atoms with Crippen molar-refractivity contribution in [2.75, 3.05) is 31.0 Å². The average molecular weight is 491 g/mol. The fourth-order valence-corrected chi connectivity index (χ4v) is 4.44. The van der Waals surface area contributed by atoms with Crippen molar-refractivity contribution in [2.24, 2.45) is 0 Å². The first-order chi connectivity index (χ1) is 17.1. The molecule has 178 valence electrons. The molecule has 5 rings (SSSR count). The third-order valence-electron chi connectivity index (χ3n) is 5.23. The molecule has 4 aromatic rings. The second-order valence-electron chi connectivity index (χ2n) is 7.68. The number of anilines is 2. The Balaban J connectivity index is 1.18. The van der Waals surface area contributed by atoms with E-state index in [1.165, 1.54) is 22.2 Å². The molecule has 0 radical (unpaired) electrons. The van der Waals surface area contributed by atoms with E-state index in [-0.39, 0.29) is 18.4 Å². The van der Waals surface area contributed by atoms with Gasteiger partial charge in [0.1, 0.15) is 25.5 Å². The third-order valence-corrected chi connectivity index (χ3v) is 6.36. The van der Waals surface area contributed by atoms with Gasteiger partial charge in [0.05, 0.1) is 23.9 Å². The summed E-state index contributed by atoms with van der Waals surface area (Å²) in [5.74, 6) is 1.65. The molecule has 3 heterocycles. The van der Waals surface area contributed by atoms with Gasteiger partial charge in [0.25, 0.3) is 5.91 Å². The van der Waals surface area contributed by atoms with E-state index in [1.807, 2.05) is 24.3 Å². The van der Waals surface area contributed by atoms with Crippen LogP contribution >= 0.6 is 11.3 Å². The number of benzene rings is 2. The van der Waals surface area contributed by atoms with E-state index in [0.717, 1.165) is 16.2 Å². The highest BCUT2D eigenvalue weighted by atomic mass is 32.1. The van der Waals surface area contributed by atoms with Crippen LogP contribution in [0.25, 0.3) is 10.4 Å². The monoisotopic (exact) mass is 490 g/mol. The Bertz CT molecular complexity index is 1360. The molecule has 0 fully saturated rings. The molecule has 0 saturated carbocycles. The zero-order valence-electron chi connectivity index (χ0n) is 18.8. The summed E-state index contributed by atoms with van der Waals surface area (Å²) in [6, 6.07) is 16.5. The van der Waals surface area contributed by atoms with Gasteiger partial charge in [-0.3, -0.25) is 14.3 Å². The first-order valence-electron chi connectivity index (χ1n) is 10.8. The van der Waals surface area contributed by atoms with E-state index in [0.29, 0.717) is 41.0 Å². The fraction of sp³-hybridized carbons (Fsp3) is 0.160. The van der Waals surface area contributed by atoms with Crippen LogP contribution in [0.5, 0.6) is 17.2 Å². The Labute approximate surface area is 205 Å². The van der Waals surface area contributed by atoms with Crippen molar-refractivity contribution in [3.8, 4) is 27.7 Å². The van der Waals surface area contributed by atoms with Gasteiger partial charge in [-0.2, -0.15) is 5.10 Å². The molecule has 0 spiro atoms. The largest absolute Gasteiger partial charge is 0.497 e. The zero-order valence-corrected chi connectivity index (χ0v) is 19.6. The van der Waals surface area contributed by atoms with E-state index in [1.54, 1.807) is 43.6 Å². The minimum Gasteiger partial charge on any atom is -0.497 e. The highest BCUT2D eigenvalue weighted by Gasteiger charge is 2.16. The van der Waals surface area contributed by atoms with Gasteiger partial charge in [0, 0.05) is 16.8 Å². The van der Waals surface area contributed by atoms with Gasteiger partial charge in [0.15, 0.2) is 11.5 Å². The summed E-state index contributed by atoms with van der Waals surface area (Å²) in [6.45, 7) is 1.07. The van der Waals surface area contributed by atoms with E-state index in [4.69, 9.17) is 14.2 Å². The van der Waals surface area contributed by atoms with Crippen LogP contribution in [0, 0.1) is 0 Å². The van der Waals surface area contributed by atoms with Crippen LogP contribution in [0.15, 0.2) is 67.0 Å². The third kappa shape index (κ3) is 5.28. The second kappa shape index (κ2) is 9.90. The second-order valence-corrected chi connectivity index (χ2v) is 8.76. The molecule has 10 heteroatoms. The van der Waals surface area contributed by atoms with Gasteiger partial charge in [-0.1, -0.05) is 0 Å². The first-order valence-corrected chi connectivity index (χ1v) is 11.7. The zero-order chi connectivity index (χ0) is 24.2. The Hall–Kier alpha value is -4.31. The molecule has 0 atom stereocenters. The quantitative estimate of drug-likeness (QED) is 0.401. The standard InChI is InChI=1S/C25H22N4O5S/c1-32-19-5-3-17(4-6-19)27-24(30)15-29-14-18(13-26-29)28-25(31)23-9-8-22(35-23)16-2-7-20-21(12-16)34-11-10-33-20/h2-9,12-14H,10-11,15H2,1H3,(H,27,30)(H,28,31). The summed E-state index contributed by atoms with van der Waals surface area (Å²) in [4.78, 5) is 26.6. The lowest BCUT2D eigenvalue weighted by Crippen LogP contribution is -2.19. The van der Waals surface area contributed by atoms with Gasteiger partial charge in [0.2, 0.25) is 5.91 Å². The Morgan fingerprint density at radius 2 is 1.80 bits per heavy atom. The highest BCUT2D eigenvalue weighted by molar-refractivity contribution is 7.17. The van der Waals surface area contributed by atoms with Crippen LogP contribution < -0.4 is 24.8 Å². The van der Waals surface area contributed by atoms with Gasteiger partial charge < -0.3 is 24.8 Å². The predicted octanol–water partition coefficient (Wildman–Crippen LogP) is 4.28. The number of hydrogen-bond donors (Lipinski definition) is 2. The number of carbonyl (C=O) groups excluding carboxylic acids is 2. The summed E-state index contributed by atoms with van der Waals surface area (Å²) in [6.07, 6.45) is 3.12. The number of fused-ring (bicyclic) bond motifs is 1. The topological polar surface area (TPSA) is 104 Å². The number of rotatable bonds is 7. The number of carbonyl (C=O) groups is 2. The van der Waals surface area contributed by atoms with Crippen LogP contribution in [0.3, 0.4) is 0 Å². The molecule has 2 amide bonds. The maximum atomic E-state index is 12.7. The molecule has 0 bridgehead atoms. The summed E-state index contributed by atoms with van der Waals surface area (Å²) in [7, 11) is 1.58. The Kier molecular flexibility index (Phi) is 6.36. The molecule has 2 N–H and O–H groups in total. The van der Waals surface area contributed by atoms with Crippen LogP contribution in [0.2, 0.25) is 0 Å². The van der Waals surface area contributed by atoms with Crippen molar-refractivity contribution >= 4 is 34.5 Å². The Morgan fingerprint density at radius 3 is 2.60 bits per heavy atom. The maximum absolute atomic E-state index is 12.7. The molecule has 2 aromatic heterocycles. The lowest BCUT2D eigenvalue weighted by Gasteiger charge is -2.18. The number of methoxy groups -OCH3 is 1. The minimum absolute atomic E-state index is 0.00909. The molecule has 2 aromatic carbocycles. The SMILES string of the molecule is COc1ccc(NC(=O)Cn2cc(NC(=O)c3ccc(-c4ccc5c(c4)OCCO5)s3)cn2)cc1. The lowest BCUT2D eigenvalue weighted by atomic mass is 10.1. The van der Waals surface area contributed by atoms with Crippen LogP contribution in [0.1, 0.15) is 9.67 Å². The molecule has 0 saturated heterocycles. The van der Waals surface area contributed by atoms with Crippen LogP contribution in [0.4, 0.5) is 11.4 Å². The van der Waals surface area contributed by atoms with Crippen molar-refractivity contribution in [3.63, 3.8) is 0 Å². The van der Waals surface area contributed by atoms with Gasteiger partial charge >= 0.3 is 0 Å². The maximum Gasteiger partial charge on any atom is 0.265 e. The number of aromatic nitrogens is 2. The van der Waals surface area contributed by atoms with Crippen molar-refractivity contribution < 1.29 is 23.8 Å². The van der Waals surface area contributed by atoms with Gasteiger partial charge in [-0.15, -0.1) is 11.3 Å². The van der Waals surface area contributed by atoms with Crippen molar-refractivity contribution in [2.45, 2.75) is 6.54 Å². The number of nitrogens with zero attached hydrogens (tertiary/aromatic N) is 2. The molecule has 1 aliphatic rings. The molecule has 1 aliphatic heterocycles. The van der Waals surface area contributed by atoms with E-state index in [9.17, 15) is 9.59 Å². The molecular formula is C25H22N4O5S. The molecule has 35 heavy (non-hydrogen) atoms. The average Bonchev–Trinajstić information content (AvgIpc) is 3.54. The van der Waals surface area contributed by atoms with Crippen molar-refractivity contribution in [1.29, 1.82) is 0 Å². The lowest BCUT2D eigenvalue weighted by molar-refractivity contribution is -0.116. The normalized spacial score (nSPS) is 12.1. The number of amides is 2. The fourth-order valence-electron chi connectivity index (χ4n) is 3.54. The highest BCUT2D eigenvalue weighted by Crippen LogP contribution is 2.37. The number of nitrogens with one attached hydrogen (secondary N) is 2. The molecule has 0 aliphatic carbocycles. The summed E-state index contributed by atoms with van der Waals surface area (Å²) in [5.41, 5.74) is 2.11. The number of ether oxygens (including phenoxy) is 3. The first kappa shape index (κ1) is 22.5. The molecular weight excluding hydrogens is 468 g/mol. The van der Waals surface area contributed by atoms with Crippen LogP contribution in [-0.4, -0.2) is 41.9 Å². The predicted molar refractivity (Wildman–Crippen MR) is 133 cm³/mol. The van der Waals surface area contributed by atoms with Crippen molar-refractivity contribution in [1.82, 2.24) is 9.78 Å². The van der Waals surface area contributed by atoms with Crippen LogP contribution in [-0.2, 0) is 11.3 Å². The van der Waals surface area contributed by atoms with E-state index < -0.39 is 0 Å². The summed E-state index contributed by atoms with van der Waals surface area (Å²) in [5, 5.41) is 9.79. The molecule has 0 unspecified atom stereocenters. The summed E-state index contributed by atoms with van der Waals surface area (Å²) >= 11 is 1.38. The van der Waals surface area contributed by atoms with Crippen molar-refractivity contribution in [3.05, 3.63) is 71.9 Å².